The molecule has 9 heteroatoms. The molecule has 9 nitrogen and oxygen atoms in total. The average molecular weight is 413 g/mol. The predicted octanol–water partition coefficient (Wildman–Crippen LogP) is 3.08. The summed E-state index contributed by atoms with van der Waals surface area (Å²) in [4.78, 5) is 20.1. The van der Waals surface area contributed by atoms with E-state index in [4.69, 9.17) is 19.2 Å². The van der Waals surface area contributed by atoms with E-state index in [9.17, 15) is 4.79 Å². The number of pyridine rings is 1. The molecule has 0 unspecified atom stereocenters. The van der Waals surface area contributed by atoms with E-state index in [0.717, 1.165) is 67.0 Å². The number of oxazole rings is 1. The van der Waals surface area contributed by atoms with Crippen molar-refractivity contribution in [3.8, 4) is 0 Å². The van der Waals surface area contributed by atoms with Crippen LogP contribution in [-0.4, -0.2) is 50.1 Å². The van der Waals surface area contributed by atoms with Crippen LogP contribution in [0.2, 0.25) is 0 Å². The Kier molecular flexibility index (Phi) is 5.98. The second-order valence-electron chi connectivity index (χ2n) is 7.43. The van der Waals surface area contributed by atoms with Crippen LogP contribution in [0.5, 0.6) is 0 Å². The first-order chi connectivity index (χ1) is 14.6. The monoisotopic (exact) mass is 413 g/mol. The number of aromatic carboxylic acids is 1. The summed E-state index contributed by atoms with van der Waals surface area (Å²) in [6, 6.07) is 0.332. The third-order valence-electron chi connectivity index (χ3n) is 5.54. The third kappa shape index (κ3) is 4.02. The van der Waals surface area contributed by atoms with E-state index in [1.54, 1.807) is 0 Å². The van der Waals surface area contributed by atoms with Gasteiger partial charge in [-0.2, -0.15) is 5.10 Å². The van der Waals surface area contributed by atoms with Crippen molar-refractivity contribution >= 4 is 22.7 Å². The smallest absolute Gasteiger partial charge is 0.357 e. The normalized spacial score (nSPS) is 15.0. The summed E-state index contributed by atoms with van der Waals surface area (Å²) in [6.45, 7) is 6.41. The zero-order valence-corrected chi connectivity index (χ0v) is 17.3. The van der Waals surface area contributed by atoms with Crippen LogP contribution < -0.4 is 5.32 Å². The first-order valence-corrected chi connectivity index (χ1v) is 10.5. The number of rotatable bonds is 8. The van der Waals surface area contributed by atoms with E-state index < -0.39 is 5.97 Å². The number of nitrogens with one attached hydrogen (secondary N) is 1. The van der Waals surface area contributed by atoms with Crippen LogP contribution in [0.3, 0.4) is 0 Å². The molecular weight excluding hydrogens is 386 g/mol. The topological polar surface area (TPSA) is 115 Å². The quantitative estimate of drug-likeness (QED) is 0.579. The summed E-state index contributed by atoms with van der Waals surface area (Å²) in [5, 5.41) is 18.3. The van der Waals surface area contributed by atoms with Gasteiger partial charge in [0.1, 0.15) is 6.26 Å². The Morgan fingerprint density at radius 1 is 1.27 bits per heavy atom. The maximum atomic E-state index is 11.1. The maximum absolute atomic E-state index is 11.1. The van der Waals surface area contributed by atoms with Crippen LogP contribution in [0.4, 0.5) is 5.69 Å². The molecule has 3 aromatic heterocycles. The second-order valence-corrected chi connectivity index (χ2v) is 7.43. The number of hydrogen-bond acceptors (Lipinski definition) is 7. The molecule has 1 aliphatic heterocycles. The summed E-state index contributed by atoms with van der Waals surface area (Å²) < 4.78 is 12.8. The number of carboxylic acid groups (broad SMARTS) is 1. The van der Waals surface area contributed by atoms with Crippen LogP contribution in [-0.2, 0) is 30.5 Å². The largest absolute Gasteiger partial charge is 0.476 e. The van der Waals surface area contributed by atoms with Crippen molar-refractivity contribution in [1.29, 1.82) is 0 Å². The molecule has 0 amide bonds. The Labute approximate surface area is 174 Å². The number of hydrogen-bond donors (Lipinski definition) is 2. The molecule has 3 aromatic rings. The molecule has 160 valence electrons. The highest BCUT2D eigenvalue weighted by molar-refractivity contribution is 5.91. The van der Waals surface area contributed by atoms with Gasteiger partial charge >= 0.3 is 5.97 Å². The minimum atomic E-state index is -1.09. The fourth-order valence-corrected chi connectivity index (χ4v) is 3.94. The molecule has 0 saturated carbocycles. The fraction of sp³-hybridized carbons (Fsp3) is 0.524. The van der Waals surface area contributed by atoms with Gasteiger partial charge in [0.15, 0.2) is 17.2 Å². The summed E-state index contributed by atoms with van der Waals surface area (Å²) in [6.07, 6.45) is 6.90. The lowest BCUT2D eigenvalue weighted by Crippen LogP contribution is -2.28. The van der Waals surface area contributed by atoms with Crippen molar-refractivity contribution in [2.24, 2.45) is 0 Å². The Morgan fingerprint density at radius 3 is 2.73 bits per heavy atom. The number of aryl methyl sites for hydroxylation is 3. The second kappa shape index (κ2) is 8.83. The molecule has 0 spiro atoms. The minimum absolute atomic E-state index is 0.0703. The lowest BCUT2D eigenvalue weighted by Gasteiger charge is -2.26. The van der Waals surface area contributed by atoms with Gasteiger partial charge in [-0.25, -0.2) is 19.4 Å². The van der Waals surface area contributed by atoms with E-state index >= 15 is 0 Å². The van der Waals surface area contributed by atoms with E-state index in [2.05, 4.69) is 29.2 Å². The Bertz CT molecular complexity index is 1040. The van der Waals surface area contributed by atoms with E-state index in [1.165, 1.54) is 6.26 Å². The van der Waals surface area contributed by atoms with Crippen LogP contribution in [0.1, 0.15) is 54.3 Å². The first kappa shape index (κ1) is 20.3. The number of aromatic nitrogens is 4. The van der Waals surface area contributed by atoms with Crippen LogP contribution in [0, 0.1) is 0 Å². The van der Waals surface area contributed by atoms with Crippen LogP contribution in [0.25, 0.3) is 11.0 Å². The van der Waals surface area contributed by atoms with Crippen molar-refractivity contribution in [2.75, 3.05) is 18.5 Å². The zero-order valence-electron chi connectivity index (χ0n) is 17.3. The van der Waals surface area contributed by atoms with Gasteiger partial charge in [0.2, 0.25) is 0 Å². The van der Waals surface area contributed by atoms with Gasteiger partial charge in [0.05, 0.1) is 17.3 Å². The molecule has 1 saturated heterocycles. The molecule has 0 aliphatic carbocycles. The van der Waals surface area contributed by atoms with Crippen LogP contribution in [0.15, 0.2) is 16.9 Å². The number of carboxylic acids is 1. The predicted molar refractivity (Wildman–Crippen MR) is 111 cm³/mol. The number of anilines is 1. The maximum Gasteiger partial charge on any atom is 0.357 e. The highest BCUT2D eigenvalue weighted by Gasteiger charge is 2.22. The van der Waals surface area contributed by atoms with Crippen molar-refractivity contribution in [3.05, 3.63) is 35.3 Å². The van der Waals surface area contributed by atoms with Crippen molar-refractivity contribution in [1.82, 2.24) is 19.7 Å². The number of nitrogens with zero attached hydrogens (tertiary/aromatic N) is 4. The van der Waals surface area contributed by atoms with E-state index in [-0.39, 0.29) is 5.69 Å². The fourth-order valence-electron chi connectivity index (χ4n) is 3.94. The standard InChI is InChI=1S/C21H27N5O4/c1-3-16-14(5-6-18-24-17(12-30-18)21(27)28)19(23-13-7-9-29-10-8-13)15-11-22-26(4-2)20(15)25-16/h11-13H,3-10H2,1-2H3,(H,23,25)(H,27,28). The van der Waals surface area contributed by atoms with Gasteiger partial charge in [-0.05, 0) is 38.2 Å². The molecule has 0 aromatic carbocycles. The molecule has 4 rings (SSSR count). The van der Waals surface area contributed by atoms with Gasteiger partial charge in [0.25, 0.3) is 0 Å². The number of carbonyl (C=O) groups is 1. The van der Waals surface area contributed by atoms with Crippen molar-refractivity contribution in [3.63, 3.8) is 0 Å². The lowest BCUT2D eigenvalue weighted by molar-refractivity contribution is 0.0690. The molecule has 0 radical (unpaired) electrons. The van der Waals surface area contributed by atoms with Gasteiger partial charge in [0, 0.05) is 37.9 Å². The third-order valence-corrected chi connectivity index (χ3v) is 5.54. The molecule has 4 heterocycles. The highest BCUT2D eigenvalue weighted by atomic mass is 16.5. The zero-order chi connectivity index (χ0) is 21.1. The van der Waals surface area contributed by atoms with Gasteiger partial charge in [-0.15, -0.1) is 0 Å². The summed E-state index contributed by atoms with van der Waals surface area (Å²) in [5.74, 6) is -0.674. The Balaban J connectivity index is 1.71. The number of ether oxygens (including phenoxy) is 1. The van der Waals surface area contributed by atoms with Gasteiger partial charge < -0.3 is 19.6 Å². The molecular formula is C21H27N5O4. The summed E-state index contributed by atoms with van der Waals surface area (Å²) in [5.41, 5.74) is 4.00. The molecule has 1 fully saturated rings. The molecule has 1 aliphatic rings. The molecule has 0 bridgehead atoms. The minimum Gasteiger partial charge on any atom is -0.476 e. The van der Waals surface area contributed by atoms with Gasteiger partial charge in [-0.1, -0.05) is 6.92 Å². The summed E-state index contributed by atoms with van der Waals surface area (Å²) >= 11 is 0. The summed E-state index contributed by atoms with van der Waals surface area (Å²) in [7, 11) is 0. The first-order valence-electron chi connectivity index (χ1n) is 10.5. The Hall–Kier alpha value is -2.94. The van der Waals surface area contributed by atoms with E-state index in [0.29, 0.717) is 24.8 Å². The molecule has 30 heavy (non-hydrogen) atoms. The van der Waals surface area contributed by atoms with Crippen molar-refractivity contribution < 1.29 is 19.1 Å². The molecule has 2 N–H and O–H groups in total. The van der Waals surface area contributed by atoms with Crippen molar-refractivity contribution in [2.45, 2.75) is 58.5 Å². The van der Waals surface area contributed by atoms with Gasteiger partial charge in [-0.3, -0.25) is 0 Å². The SMILES string of the molecule is CCc1nc2c(cnn2CC)c(NC2CCOCC2)c1CCc1nc(C(=O)O)co1. The molecule has 0 atom stereocenters. The Morgan fingerprint density at radius 2 is 2.07 bits per heavy atom. The lowest BCUT2D eigenvalue weighted by atomic mass is 10.00. The number of fused-ring (bicyclic) bond motifs is 1. The average Bonchev–Trinajstić information content (AvgIpc) is 3.40. The van der Waals surface area contributed by atoms with Crippen LogP contribution >= 0.6 is 0 Å². The highest BCUT2D eigenvalue weighted by Crippen LogP contribution is 2.32. The van der Waals surface area contributed by atoms with E-state index in [1.807, 2.05) is 10.9 Å².